The second-order valence-corrected chi connectivity index (χ2v) is 6.15. The molecule has 0 aliphatic carbocycles. The van der Waals surface area contributed by atoms with Crippen molar-refractivity contribution in [2.45, 2.75) is 20.8 Å². The van der Waals surface area contributed by atoms with E-state index in [1.165, 1.54) is 5.19 Å². The maximum Gasteiger partial charge on any atom is 0.0779 e. The van der Waals surface area contributed by atoms with Gasteiger partial charge in [-0.15, -0.1) is 0 Å². The lowest BCUT2D eigenvalue weighted by Crippen LogP contribution is -2.11. The smallest absolute Gasteiger partial charge is 0.0779 e. The molecule has 0 aliphatic rings. The molecular weight excluding hydrogens is 172 g/mol. The van der Waals surface area contributed by atoms with Crippen LogP contribution in [0.25, 0.3) is 0 Å². The normalized spacial score (nSPS) is 13.2. The first-order valence-electron chi connectivity index (χ1n) is 4.79. The van der Waals surface area contributed by atoms with Crippen LogP contribution in [0.2, 0.25) is 0 Å². The van der Waals surface area contributed by atoms with Crippen LogP contribution < -0.4 is 5.19 Å². The van der Waals surface area contributed by atoms with Gasteiger partial charge >= 0.3 is 0 Å². The predicted molar refractivity (Wildman–Crippen MR) is 63.2 cm³/mol. The summed E-state index contributed by atoms with van der Waals surface area (Å²) in [6.07, 6.45) is 2.33. The lowest BCUT2D eigenvalue weighted by atomic mass is 9.98. The molecule has 0 atom stereocenters. The Hall–Kier alpha value is -0.823. The molecule has 1 rings (SSSR count). The van der Waals surface area contributed by atoms with Crippen LogP contribution >= 0.6 is 0 Å². The van der Waals surface area contributed by atoms with Gasteiger partial charge in [0.25, 0.3) is 0 Å². The highest BCUT2D eigenvalue weighted by molar-refractivity contribution is 6.58. The van der Waals surface area contributed by atoms with Crippen molar-refractivity contribution < 1.29 is 0 Å². The Kier molecular flexibility index (Phi) is 3.49. The molecule has 1 aromatic carbocycles. The average molecular weight is 190 g/mol. The fraction of sp³-hybridized carbons (Fsp3) is 0.333. The first kappa shape index (κ1) is 10.3. The second kappa shape index (κ2) is 4.42. The third-order valence-corrected chi connectivity index (χ3v) is 3.23. The first-order chi connectivity index (χ1) is 6.08. The molecule has 0 unspecified atom stereocenters. The van der Waals surface area contributed by atoms with E-state index < -0.39 is 0 Å². The summed E-state index contributed by atoms with van der Waals surface area (Å²) < 4.78 is 0. The zero-order valence-electron chi connectivity index (χ0n) is 8.75. The monoisotopic (exact) mass is 190 g/mol. The number of hydrogen-bond donors (Lipinski definition) is 0. The van der Waals surface area contributed by atoms with Crippen molar-refractivity contribution in [3.05, 3.63) is 42.1 Å². The molecule has 0 heterocycles. The summed E-state index contributed by atoms with van der Waals surface area (Å²) in [6.45, 7) is 6.72. The Labute approximate surface area is 83.5 Å². The van der Waals surface area contributed by atoms with Gasteiger partial charge in [0.15, 0.2) is 0 Å². The summed E-state index contributed by atoms with van der Waals surface area (Å²) in [5.74, 6) is 0. The third-order valence-electron chi connectivity index (χ3n) is 1.81. The highest BCUT2D eigenvalue weighted by Gasteiger charge is 2.02. The zero-order valence-corrected chi connectivity index (χ0v) is 10.2. The van der Waals surface area contributed by atoms with Crippen LogP contribution in [0.1, 0.15) is 20.8 Å². The first-order valence-corrected chi connectivity index (χ1v) is 6.32. The molecule has 1 aromatic rings. The van der Waals surface area contributed by atoms with E-state index in [-0.39, 0.29) is 9.52 Å². The molecule has 0 amide bonds. The Bertz CT molecular complexity index is 267. The molecule has 0 bridgehead atoms. The summed E-state index contributed by atoms with van der Waals surface area (Å²) in [7, 11) is -0.172. The van der Waals surface area contributed by atoms with Crippen molar-refractivity contribution in [2.75, 3.05) is 0 Å². The molecule has 0 fully saturated rings. The molecule has 0 N–H and O–H groups in total. The van der Waals surface area contributed by atoms with Crippen LogP contribution in [0.4, 0.5) is 0 Å². The lowest BCUT2D eigenvalue weighted by molar-refractivity contribution is 0.545. The zero-order chi connectivity index (χ0) is 9.73. The molecule has 0 radical (unpaired) electrons. The molecule has 1 heteroatoms. The molecule has 0 spiro atoms. The van der Waals surface area contributed by atoms with E-state index in [0.29, 0.717) is 5.41 Å². The lowest BCUT2D eigenvalue weighted by Gasteiger charge is -2.10. The minimum absolute atomic E-state index is 0.172. The Balaban J connectivity index is 2.49. The van der Waals surface area contributed by atoms with E-state index in [0.717, 1.165) is 0 Å². The van der Waals surface area contributed by atoms with Gasteiger partial charge in [0.05, 0.1) is 9.52 Å². The van der Waals surface area contributed by atoms with Crippen molar-refractivity contribution in [1.29, 1.82) is 0 Å². The Morgan fingerprint density at radius 3 is 2.23 bits per heavy atom. The third kappa shape index (κ3) is 4.68. The Morgan fingerprint density at radius 1 is 1.08 bits per heavy atom. The minimum atomic E-state index is -0.172. The van der Waals surface area contributed by atoms with Gasteiger partial charge in [0.2, 0.25) is 0 Å². The quantitative estimate of drug-likeness (QED) is 0.626. The van der Waals surface area contributed by atoms with Gasteiger partial charge in [-0.05, 0) is 5.41 Å². The largest absolute Gasteiger partial charge is 0.0995 e. The number of rotatable bonds is 2. The van der Waals surface area contributed by atoms with E-state index in [1.54, 1.807) is 0 Å². The fourth-order valence-electron chi connectivity index (χ4n) is 1.16. The van der Waals surface area contributed by atoms with E-state index >= 15 is 0 Å². The van der Waals surface area contributed by atoms with Crippen LogP contribution in [-0.4, -0.2) is 9.52 Å². The molecule has 0 saturated carbocycles. The summed E-state index contributed by atoms with van der Waals surface area (Å²) >= 11 is 0. The standard InChI is InChI=1S/C12H18Si/c1-12(2,3)9-10-13-11-7-5-4-6-8-11/h4-10H,13H2,1-3H3/b10-9+. The molecular formula is C12H18Si. The van der Waals surface area contributed by atoms with Crippen molar-refractivity contribution in [1.82, 2.24) is 0 Å². The topological polar surface area (TPSA) is 0 Å². The Morgan fingerprint density at radius 2 is 1.69 bits per heavy atom. The highest BCUT2D eigenvalue weighted by atomic mass is 28.2. The van der Waals surface area contributed by atoms with E-state index in [4.69, 9.17) is 0 Å². The van der Waals surface area contributed by atoms with Crippen molar-refractivity contribution in [3.8, 4) is 0 Å². The summed E-state index contributed by atoms with van der Waals surface area (Å²) in [6, 6.07) is 10.8. The van der Waals surface area contributed by atoms with Crippen molar-refractivity contribution in [2.24, 2.45) is 5.41 Å². The number of benzene rings is 1. The maximum absolute atomic E-state index is 2.38. The van der Waals surface area contributed by atoms with Crippen LogP contribution in [-0.2, 0) is 0 Å². The fourth-order valence-corrected chi connectivity index (χ4v) is 2.80. The van der Waals surface area contributed by atoms with Gasteiger partial charge in [0.1, 0.15) is 0 Å². The maximum atomic E-state index is 2.38. The summed E-state index contributed by atoms with van der Waals surface area (Å²) in [5, 5.41) is 1.52. The predicted octanol–water partition coefficient (Wildman–Crippen LogP) is 2.04. The molecule has 0 saturated heterocycles. The molecule has 70 valence electrons. The molecule has 0 nitrogen and oxygen atoms in total. The second-order valence-electron chi connectivity index (χ2n) is 4.46. The van der Waals surface area contributed by atoms with Crippen LogP contribution in [0.15, 0.2) is 42.1 Å². The van der Waals surface area contributed by atoms with E-state index in [9.17, 15) is 0 Å². The highest BCUT2D eigenvalue weighted by Crippen LogP contribution is 2.13. The SMILES string of the molecule is CC(C)(C)/C=C/[SiH2]c1ccccc1. The van der Waals surface area contributed by atoms with E-state index in [1.807, 2.05) is 0 Å². The van der Waals surface area contributed by atoms with Gasteiger partial charge in [-0.2, -0.15) is 0 Å². The van der Waals surface area contributed by atoms with Crippen molar-refractivity contribution >= 4 is 14.7 Å². The van der Waals surface area contributed by atoms with Crippen LogP contribution in [0, 0.1) is 5.41 Å². The van der Waals surface area contributed by atoms with Gasteiger partial charge in [-0.25, -0.2) is 0 Å². The van der Waals surface area contributed by atoms with Gasteiger partial charge in [0, 0.05) is 0 Å². The summed E-state index contributed by atoms with van der Waals surface area (Å²) in [5.41, 5.74) is 2.72. The van der Waals surface area contributed by atoms with Gasteiger partial charge < -0.3 is 0 Å². The van der Waals surface area contributed by atoms with Gasteiger partial charge in [-0.1, -0.05) is 68.1 Å². The van der Waals surface area contributed by atoms with Crippen LogP contribution in [0.5, 0.6) is 0 Å². The van der Waals surface area contributed by atoms with Gasteiger partial charge in [-0.3, -0.25) is 0 Å². The summed E-state index contributed by atoms with van der Waals surface area (Å²) in [4.78, 5) is 0. The average Bonchev–Trinajstić information content (AvgIpc) is 2.04. The van der Waals surface area contributed by atoms with E-state index in [2.05, 4.69) is 62.9 Å². The minimum Gasteiger partial charge on any atom is -0.0995 e. The molecule has 13 heavy (non-hydrogen) atoms. The van der Waals surface area contributed by atoms with Crippen molar-refractivity contribution in [3.63, 3.8) is 0 Å². The van der Waals surface area contributed by atoms with Crippen LogP contribution in [0.3, 0.4) is 0 Å². The molecule has 0 aromatic heterocycles. The molecule has 0 aliphatic heterocycles. The number of hydrogen-bond acceptors (Lipinski definition) is 0. The number of allylic oxidation sites excluding steroid dienone is 1.